The minimum Gasteiger partial charge on any atom is -0.494 e. The first-order chi connectivity index (χ1) is 13.0. The van der Waals surface area contributed by atoms with E-state index in [0.717, 1.165) is 34.2 Å². The second kappa shape index (κ2) is 7.83. The molecule has 9 heteroatoms. The molecule has 27 heavy (non-hydrogen) atoms. The molecule has 1 aliphatic heterocycles. The predicted molar refractivity (Wildman–Crippen MR) is 113 cm³/mol. The van der Waals surface area contributed by atoms with Gasteiger partial charge in [-0.05, 0) is 31.2 Å². The molecule has 4 rings (SSSR count). The van der Waals surface area contributed by atoms with Crippen LogP contribution < -0.4 is 9.64 Å². The summed E-state index contributed by atoms with van der Waals surface area (Å²) in [5, 5.41) is 0.974. The zero-order valence-electron chi connectivity index (χ0n) is 14.6. The van der Waals surface area contributed by atoms with Crippen LogP contribution in [0.1, 0.15) is 17.3 Å². The van der Waals surface area contributed by atoms with Gasteiger partial charge in [0.05, 0.1) is 26.7 Å². The fourth-order valence-electron chi connectivity index (χ4n) is 3.04. The highest BCUT2D eigenvalue weighted by Crippen LogP contribution is 2.34. The van der Waals surface area contributed by atoms with Crippen molar-refractivity contribution in [3.05, 3.63) is 38.5 Å². The van der Waals surface area contributed by atoms with E-state index in [2.05, 4.69) is 4.90 Å². The Morgan fingerprint density at radius 1 is 1.19 bits per heavy atom. The fraction of sp³-hybridized carbons (Fsp3) is 0.333. The molecule has 2 aromatic heterocycles. The maximum absolute atomic E-state index is 12.7. The first kappa shape index (κ1) is 18.8. The predicted octanol–water partition coefficient (Wildman–Crippen LogP) is 5.03. The fourth-order valence-corrected chi connectivity index (χ4v) is 5.54. The van der Waals surface area contributed by atoms with Crippen molar-refractivity contribution >= 4 is 67.1 Å². The van der Waals surface area contributed by atoms with E-state index < -0.39 is 0 Å². The summed E-state index contributed by atoms with van der Waals surface area (Å²) in [6.45, 7) is 5.34. The van der Waals surface area contributed by atoms with Crippen molar-refractivity contribution in [2.24, 2.45) is 0 Å². The number of piperazine rings is 1. The van der Waals surface area contributed by atoms with Crippen molar-refractivity contribution in [2.75, 3.05) is 37.7 Å². The summed E-state index contributed by atoms with van der Waals surface area (Å²) in [6, 6.07) is 7.61. The molecule has 5 nitrogen and oxygen atoms in total. The minimum absolute atomic E-state index is 0.0616. The molecular weight excluding hydrogens is 425 g/mol. The number of halogens is 2. The summed E-state index contributed by atoms with van der Waals surface area (Å²) in [6.07, 6.45) is 0. The molecule has 1 aromatic carbocycles. The highest BCUT2D eigenvalue weighted by atomic mass is 35.5. The van der Waals surface area contributed by atoms with E-state index in [-0.39, 0.29) is 5.91 Å². The monoisotopic (exact) mass is 441 g/mol. The highest BCUT2D eigenvalue weighted by Gasteiger charge is 2.26. The van der Waals surface area contributed by atoms with E-state index in [1.165, 1.54) is 11.3 Å². The molecular formula is C18H17Cl2N3O2S2. The van der Waals surface area contributed by atoms with Gasteiger partial charge in [-0.15, -0.1) is 11.3 Å². The van der Waals surface area contributed by atoms with E-state index in [1.807, 2.05) is 30.0 Å². The lowest BCUT2D eigenvalue weighted by molar-refractivity contribution is 0.0747. The third-order valence-electron chi connectivity index (χ3n) is 4.38. The Balaban J connectivity index is 1.45. The number of nitrogens with zero attached hydrogens (tertiary/aromatic N) is 3. The van der Waals surface area contributed by atoms with Crippen LogP contribution in [0.25, 0.3) is 10.2 Å². The number of fused-ring (bicyclic) bond motifs is 1. The first-order valence-corrected chi connectivity index (χ1v) is 11.0. The quantitative estimate of drug-likeness (QED) is 0.569. The molecule has 0 N–H and O–H groups in total. The van der Waals surface area contributed by atoms with Crippen molar-refractivity contribution < 1.29 is 9.53 Å². The third kappa shape index (κ3) is 3.87. The second-order valence-electron chi connectivity index (χ2n) is 6.08. The number of benzene rings is 1. The van der Waals surface area contributed by atoms with Gasteiger partial charge in [0.2, 0.25) is 0 Å². The average molecular weight is 442 g/mol. The molecule has 0 radical (unpaired) electrons. The number of amides is 1. The van der Waals surface area contributed by atoms with Crippen LogP contribution in [-0.2, 0) is 0 Å². The Labute approximate surface area is 175 Å². The number of hydrogen-bond acceptors (Lipinski definition) is 6. The van der Waals surface area contributed by atoms with Gasteiger partial charge in [0.15, 0.2) is 5.13 Å². The minimum atomic E-state index is -0.0616. The van der Waals surface area contributed by atoms with Crippen LogP contribution in [0.2, 0.25) is 8.67 Å². The normalized spacial score (nSPS) is 14.8. The van der Waals surface area contributed by atoms with Crippen LogP contribution in [0.15, 0.2) is 24.3 Å². The maximum Gasteiger partial charge on any atom is 0.256 e. The van der Waals surface area contributed by atoms with Gasteiger partial charge < -0.3 is 14.5 Å². The SMILES string of the molecule is CCOc1ccc2nc(N3CCN(C(=O)c4cc(Cl)sc4Cl)CC3)sc2c1. The number of hydrogen-bond donors (Lipinski definition) is 0. The Kier molecular flexibility index (Phi) is 5.45. The van der Waals surface area contributed by atoms with Gasteiger partial charge >= 0.3 is 0 Å². The lowest BCUT2D eigenvalue weighted by atomic mass is 10.2. The van der Waals surface area contributed by atoms with Crippen LogP contribution in [0.3, 0.4) is 0 Å². The van der Waals surface area contributed by atoms with Gasteiger partial charge in [-0.2, -0.15) is 0 Å². The van der Waals surface area contributed by atoms with Crippen LogP contribution in [0.5, 0.6) is 5.75 Å². The average Bonchev–Trinajstić information content (AvgIpc) is 3.23. The number of thiazole rings is 1. The molecule has 1 saturated heterocycles. The first-order valence-electron chi connectivity index (χ1n) is 8.57. The number of thiophene rings is 1. The molecule has 1 fully saturated rings. The van der Waals surface area contributed by atoms with Crippen LogP contribution in [-0.4, -0.2) is 48.6 Å². The van der Waals surface area contributed by atoms with Gasteiger partial charge in [0, 0.05) is 26.2 Å². The van der Waals surface area contributed by atoms with Gasteiger partial charge in [0.25, 0.3) is 5.91 Å². The number of carbonyl (C=O) groups is 1. The van der Waals surface area contributed by atoms with Crippen LogP contribution in [0, 0.1) is 0 Å². The number of aromatic nitrogens is 1. The highest BCUT2D eigenvalue weighted by molar-refractivity contribution is 7.22. The molecule has 142 valence electrons. The molecule has 1 amide bonds. The molecule has 0 spiro atoms. The second-order valence-corrected chi connectivity index (χ2v) is 9.37. The van der Waals surface area contributed by atoms with Crippen molar-refractivity contribution in [3.8, 4) is 5.75 Å². The van der Waals surface area contributed by atoms with Gasteiger partial charge in [-0.3, -0.25) is 4.79 Å². The van der Waals surface area contributed by atoms with Crippen molar-refractivity contribution in [1.82, 2.24) is 9.88 Å². The lowest BCUT2D eigenvalue weighted by Gasteiger charge is -2.34. The number of rotatable bonds is 4. The van der Waals surface area contributed by atoms with Crippen molar-refractivity contribution in [2.45, 2.75) is 6.92 Å². The third-order valence-corrected chi connectivity index (χ3v) is 6.95. The van der Waals surface area contributed by atoms with Crippen LogP contribution in [0.4, 0.5) is 5.13 Å². The Morgan fingerprint density at radius 2 is 1.96 bits per heavy atom. The van der Waals surface area contributed by atoms with E-state index in [0.29, 0.717) is 33.9 Å². The molecule has 3 heterocycles. The smallest absolute Gasteiger partial charge is 0.256 e. The molecule has 0 aliphatic carbocycles. The van der Waals surface area contributed by atoms with Crippen LogP contribution >= 0.6 is 45.9 Å². The lowest BCUT2D eigenvalue weighted by Crippen LogP contribution is -2.48. The maximum atomic E-state index is 12.7. The standard InChI is InChI=1S/C18H17Cl2N3O2S2/c1-2-25-11-3-4-13-14(9-11)26-18(21-13)23-7-5-22(6-8-23)17(24)12-10-15(19)27-16(12)20/h3-4,9-10H,2,5-8H2,1H3. The largest absolute Gasteiger partial charge is 0.494 e. The summed E-state index contributed by atoms with van der Waals surface area (Å²) in [5.41, 5.74) is 1.46. The summed E-state index contributed by atoms with van der Waals surface area (Å²) >= 11 is 15.0. The zero-order valence-corrected chi connectivity index (χ0v) is 17.7. The van der Waals surface area contributed by atoms with E-state index in [1.54, 1.807) is 17.4 Å². The number of ether oxygens (including phenoxy) is 1. The Hall–Kier alpha value is -1.54. The van der Waals surface area contributed by atoms with E-state index in [9.17, 15) is 4.79 Å². The zero-order chi connectivity index (χ0) is 19.0. The summed E-state index contributed by atoms with van der Waals surface area (Å²) < 4.78 is 7.65. The number of carbonyl (C=O) groups excluding carboxylic acids is 1. The number of anilines is 1. The molecule has 0 unspecified atom stereocenters. The van der Waals surface area contributed by atoms with Gasteiger partial charge in [-0.25, -0.2) is 4.98 Å². The topological polar surface area (TPSA) is 45.7 Å². The molecule has 3 aromatic rings. The summed E-state index contributed by atoms with van der Waals surface area (Å²) in [4.78, 5) is 21.4. The molecule has 1 aliphatic rings. The molecule has 0 atom stereocenters. The summed E-state index contributed by atoms with van der Waals surface area (Å²) in [5.74, 6) is 0.801. The summed E-state index contributed by atoms with van der Waals surface area (Å²) in [7, 11) is 0. The van der Waals surface area contributed by atoms with Crippen molar-refractivity contribution in [1.29, 1.82) is 0 Å². The van der Waals surface area contributed by atoms with Crippen molar-refractivity contribution in [3.63, 3.8) is 0 Å². The van der Waals surface area contributed by atoms with E-state index >= 15 is 0 Å². The molecule has 0 bridgehead atoms. The van der Waals surface area contributed by atoms with E-state index in [4.69, 9.17) is 32.9 Å². The Morgan fingerprint density at radius 3 is 2.63 bits per heavy atom. The van der Waals surface area contributed by atoms with Gasteiger partial charge in [0.1, 0.15) is 10.1 Å². The van der Waals surface area contributed by atoms with Gasteiger partial charge in [-0.1, -0.05) is 34.5 Å². The Bertz CT molecular complexity index is 980. The molecule has 0 saturated carbocycles.